The Morgan fingerprint density at radius 3 is 2.61 bits per heavy atom. The summed E-state index contributed by atoms with van der Waals surface area (Å²) in [6.45, 7) is 5.48. The summed E-state index contributed by atoms with van der Waals surface area (Å²) in [4.78, 5) is 8.07. The van der Waals surface area contributed by atoms with E-state index in [0.717, 1.165) is 16.8 Å². The molecule has 3 heterocycles. The summed E-state index contributed by atoms with van der Waals surface area (Å²) in [5.41, 5.74) is 3.55. The molecule has 0 radical (unpaired) electrons. The average molecular weight is 481 g/mol. The Kier molecular flexibility index (Phi) is 5.91. The number of benzene rings is 1. The molecule has 0 saturated heterocycles. The monoisotopic (exact) mass is 480 g/mol. The van der Waals surface area contributed by atoms with Crippen molar-refractivity contribution >= 4 is 23.1 Å². The van der Waals surface area contributed by atoms with Crippen molar-refractivity contribution < 1.29 is 22.4 Å². The Hall–Kier alpha value is -3.34. The van der Waals surface area contributed by atoms with Crippen molar-refractivity contribution in [2.75, 3.05) is 12.4 Å². The first-order chi connectivity index (χ1) is 15.6. The number of hydrogen-bond acceptors (Lipinski definition) is 7. The van der Waals surface area contributed by atoms with Gasteiger partial charge in [-0.1, -0.05) is 16.8 Å². The molecule has 4 rings (SSSR count). The van der Waals surface area contributed by atoms with Crippen molar-refractivity contribution in [2.45, 2.75) is 39.4 Å². The van der Waals surface area contributed by atoms with E-state index in [-0.39, 0.29) is 18.4 Å². The van der Waals surface area contributed by atoms with Crippen LogP contribution in [0.2, 0.25) is 5.02 Å². The highest BCUT2D eigenvalue weighted by atomic mass is 35.5. The molecule has 0 aliphatic carbocycles. The third-order valence-electron chi connectivity index (χ3n) is 4.93. The van der Waals surface area contributed by atoms with E-state index in [1.807, 2.05) is 19.9 Å². The van der Waals surface area contributed by atoms with E-state index in [2.05, 4.69) is 25.5 Å². The molecular weight excluding hydrogens is 461 g/mol. The van der Waals surface area contributed by atoms with Gasteiger partial charge in [-0.15, -0.1) is 0 Å². The van der Waals surface area contributed by atoms with E-state index in [0.29, 0.717) is 27.9 Å². The van der Waals surface area contributed by atoms with Crippen LogP contribution in [0.4, 0.5) is 19.0 Å². The number of rotatable bonds is 6. The third-order valence-corrected chi connectivity index (χ3v) is 5.25. The van der Waals surface area contributed by atoms with Crippen molar-refractivity contribution in [1.82, 2.24) is 24.7 Å². The second-order valence-corrected chi connectivity index (χ2v) is 7.99. The first kappa shape index (κ1) is 22.8. The lowest BCUT2D eigenvalue weighted by Gasteiger charge is -2.15. The number of fused-ring (bicyclic) bond motifs is 1. The largest absolute Gasteiger partial charge is 0.497 e. The highest BCUT2D eigenvalue weighted by Gasteiger charge is 2.37. The molecule has 3 aromatic heterocycles. The summed E-state index contributed by atoms with van der Waals surface area (Å²) in [5, 5.41) is 11.3. The number of hydrogen-bond donors (Lipinski definition) is 1. The lowest BCUT2D eigenvalue weighted by molar-refractivity contribution is -0.146. The fourth-order valence-electron chi connectivity index (χ4n) is 3.51. The Morgan fingerprint density at radius 1 is 1.21 bits per heavy atom. The van der Waals surface area contributed by atoms with Gasteiger partial charge in [-0.2, -0.15) is 27.8 Å². The zero-order valence-corrected chi connectivity index (χ0v) is 18.9. The molecular formula is C21H20ClF3N6O2. The number of nitrogens with one attached hydrogen (secondary N) is 1. The molecule has 0 amide bonds. The van der Waals surface area contributed by atoms with Gasteiger partial charge in [0, 0.05) is 29.8 Å². The van der Waals surface area contributed by atoms with Crippen LogP contribution in [0.25, 0.3) is 16.8 Å². The highest BCUT2D eigenvalue weighted by molar-refractivity contribution is 6.33. The maximum atomic E-state index is 12.7. The van der Waals surface area contributed by atoms with Gasteiger partial charge in [-0.05, 0) is 39.0 Å². The van der Waals surface area contributed by atoms with Crippen LogP contribution in [-0.2, 0) is 12.6 Å². The molecule has 8 nitrogen and oxygen atoms in total. The van der Waals surface area contributed by atoms with Crippen molar-refractivity contribution in [3.8, 4) is 16.9 Å². The summed E-state index contributed by atoms with van der Waals surface area (Å²) in [5.74, 6) is -0.172. The van der Waals surface area contributed by atoms with Crippen LogP contribution >= 0.6 is 11.6 Å². The predicted molar refractivity (Wildman–Crippen MR) is 116 cm³/mol. The maximum Gasteiger partial charge on any atom is 0.455 e. The van der Waals surface area contributed by atoms with Crippen molar-refractivity contribution in [3.63, 3.8) is 0 Å². The first-order valence-electron chi connectivity index (χ1n) is 9.94. The molecule has 0 unspecified atom stereocenters. The van der Waals surface area contributed by atoms with Crippen LogP contribution in [0.1, 0.15) is 30.0 Å². The van der Waals surface area contributed by atoms with Crippen LogP contribution in [-0.4, -0.2) is 37.9 Å². The molecule has 1 N–H and O–H groups in total. The minimum Gasteiger partial charge on any atom is -0.497 e. The number of alkyl halides is 3. The Balaban J connectivity index is 1.67. The van der Waals surface area contributed by atoms with Gasteiger partial charge >= 0.3 is 6.18 Å². The Labute approximate surface area is 191 Å². The average Bonchev–Trinajstić information content (AvgIpc) is 3.32. The van der Waals surface area contributed by atoms with E-state index in [1.54, 1.807) is 36.7 Å². The number of anilines is 1. The maximum absolute atomic E-state index is 12.7. The van der Waals surface area contributed by atoms with E-state index < -0.39 is 12.0 Å². The summed E-state index contributed by atoms with van der Waals surface area (Å²) in [7, 11) is 1.56. The predicted octanol–water partition coefficient (Wildman–Crippen LogP) is 5.12. The number of ether oxygens (including phenoxy) is 1. The molecule has 0 saturated carbocycles. The highest BCUT2D eigenvalue weighted by Crippen LogP contribution is 2.36. The number of halogens is 4. The summed E-state index contributed by atoms with van der Waals surface area (Å²) in [6.07, 6.45) is -4.57. The molecule has 0 bridgehead atoms. The minimum absolute atomic E-state index is 0.0867. The number of methoxy groups -OCH3 is 1. The summed E-state index contributed by atoms with van der Waals surface area (Å²) in [6, 6.07) is 6.83. The molecule has 12 heteroatoms. The molecule has 0 aliphatic heterocycles. The molecule has 0 aliphatic rings. The normalized spacial score (nSPS) is 12.8. The van der Waals surface area contributed by atoms with Crippen molar-refractivity contribution in [1.29, 1.82) is 0 Å². The van der Waals surface area contributed by atoms with Crippen molar-refractivity contribution in [2.24, 2.45) is 0 Å². The molecule has 1 aromatic carbocycles. The molecule has 4 aromatic rings. The Bertz CT molecular complexity index is 1320. The molecule has 0 fully saturated rings. The van der Waals surface area contributed by atoms with Crippen LogP contribution < -0.4 is 10.1 Å². The first-order valence-corrected chi connectivity index (χ1v) is 10.3. The quantitative estimate of drug-likeness (QED) is 0.409. The fourth-order valence-corrected chi connectivity index (χ4v) is 3.77. The topological polar surface area (TPSA) is 90.4 Å². The molecule has 0 spiro atoms. The van der Waals surface area contributed by atoms with Crippen molar-refractivity contribution in [3.05, 3.63) is 52.4 Å². The van der Waals surface area contributed by atoms with E-state index in [4.69, 9.17) is 20.9 Å². The smallest absolute Gasteiger partial charge is 0.455 e. The van der Waals surface area contributed by atoms with Gasteiger partial charge in [0.25, 0.3) is 5.82 Å². The molecule has 1 atom stereocenters. The standard InChI is InChI=1S/C21H20ClF3N6O2/c1-10-7-16(26-11(2)8-17-28-20(30-33-17)21(23,24)25)31-19(27-10)18(12(3)29-31)14-6-5-13(32-4)9-15(14)22/h5-7,9,11,26H,8H2,1-4H3/t11-/m1/s1. The zero-order valence-electron chi connectivity index (χ0n) is 18.2. The van der Waals surface area contributed by atoms with E-state index in [9.17, 15) is 13.2 Å². The SMILES string of the molecule is COc1ccc(-c2c(C)nn3c(N[C@H](C)Cc4nc(C(F)(F)F)no4)cc(C)nc23)c(Cl)c1. The van der Waals surface area contributed by atoms with Gasteiger partial charge in [0.05, 0.1) is 23.4 Å². The van der Waals surface area contributed by atoms with Gasteiger partial charge in [-0.3, -0.25) is 0 Å². The second-order valence-electron chi connectivity index (χ2n) is 7.58. The molecule has 33 heavy (non-hydrogen) atoms. The minimum atomic E-state index is -4.65. The summed E-state index contributed by atoms with van der Waals surface area (Å²) < 4.78 is 49.8. The lowest BCUT2D eigenvalue weighted by atomic mass is 10.1. The number of aromatic nitrogens is 5. The number of nitrogens with zero attached hydrogens (tertiary/aromatic N) is 5. The third kappa shape index (κ3) is 4.58. The van der Waals surface area contributed by atoms with Crippen LogP contribution in [0.3, 0.4) is 0 Å². The summed E-state index contributed by atoms with van der Waals surface area (Å²) >= 11 is 6.50. The van der Waals surface area contributed by atoms with Crippen LogP contribution in [0.15, 0.2) is 28.8 Å². The van der Waals surface area contributed by atoms with Gasteiger partial charge in [0.1, 0.15) is 11.6 Å². The lowest BCUT2D eigenvalue weighted by Crippen LogP contribution is -2.21. The van der Waals surface area contributed by atoms with Gasteiger partial charge in [0.2, 0.25) is 5.89 Å². The van der Waals surface area contributed by atoms with Gasteiger partial charge < -0.3 is 14.6 Å². The van der Waals surface area contributed by atoms with Gasteiger partial charge in [-0.25, -0.2) is 4.98 Å². The second kappa shape index (κ2) is 8.54. The molecule has 174 valence electrons. The number of aryl methyl sites for hydroxylation is 2. The van der Waals surface area contributed by atoms with Crippen LogP contribution in [0, 0.1) is 13.8 Å². The Morgan fingerprint density at radius 2 is 1.97 bits per heavy atom. The van der Waals surface area contributed by atoms with E-state index >= 15 is 0 Å². The van der Waals surface area contributed by atoms with E-state index in [1.165, 1.54) is 0 Å². The zero-order chi connectivity index (χ0) is 23.9. The van der Waals surface area contributed by atoms with Crippen LogP contribution in [0.5, 0.6) is 5.75 Å². The van der Waals surface area contributed by atoms with Gasteiger partial charge in [0.15, 0.2) is 5.65 Å². The fraction of sp³-hybridized carbons (Fsp3) is 0.333.